The molecule has 2 aromatic rings. The second-order valence-corrected chi connectivity index (χ2v) is 8.80. The van der Waals surface area contributed by atoms with E-state index in [4.69, 9.17) is 4.74 Å². The van der Waals surface area contributed by atoms with Gasteiger partial charge in [0.1, 0.15) is 11.5 Å². The predicted molar refractivity (Wildman–Crippen MR) is 112 cm³/mol. The molecule has 5 rings (SSSR count). The van der Waals surface area contributed by atoms with Crippen LogP contribution in [0.15, 0.2) is 54.6 Å². The number of amides is 2. The van der Waals surface area contributed by atoms with Gasteiger partial charge in [-0.05, 0) is 72.6 Å². The summed E-state index contributed by atoms with van der Waals surface area (Å²) in [4.78, 5) is 27.3. The zero-order valence-corrected chi connectivity index (χ0v) is 17.0. The van der Waals surface area contributed by atoms with Gasteiger partial charge in [0.15, 0.2) is 0 Å². The highest BCUT2D eigenvalue weighted by Gasteiger charge is 2.59. The maximum atomic E-state index is 13.0. The van der Waals surface area contributed by atoms with Crippen molar-refractivity contribution in [3.8, 4) is 11.5 Å². The zero-order chi connectivity index (χ0) is 20.3. The average Bonchev–Trinajstić information content (AvgIpc) is 3.36. The number of aryl methyl sites for hydroxylation is 1. The molecule has 2 bridgehead atoms. The lowest BCUT2D eigenvalue weighted by Crippen LogP contribution is -2.32. The molecule has 1 aliphatic heterocycles. The van der Waals surface area contributed by atoms with Gasteiger partial charge in [-0.25, -0.2) is 0 Å². The summed E-state index contributed by atoms with van der Waals surface area (Å²) in [7, 11) is 0. The number of imide groups is 1. The Morgan fingerprint density at radius 2 is 1.55 bits per heavy atom. The maximum Gasteiger partial charge on any atom is 0.238 e. The van der Waals surface area contributed by atoms with Crippen LogP contribution in [-0.4, -0.2) is 11.8 Å². The quantitative estimate of drug-likeness (QED) is 0.534. The van der Waals surface area contributed by atoms with E-state index in [-0.39, 0.29) is 35.5 Å². The number of hydrogen-bond acceptors (Lipinski definition) is 3. The second kappa shape index (κ2) is 6.58. The molecular formula is C25H25NO3. The highest BCUT2D eigenvalue weighted by Crippen LogP contribution is 2.53. The largest absolute Gasteiger partial charge is 0.457 e. The van der Waals surface area contributed by atoms with Gasteiger partial charge in [0, 0.05) is 0 Å². The van der Waals surface area contributed by atoms with E-state index >= 15 is 0 Å². The monoisotopic (exact) mass is 387 g/mol. The van der Waals surface area contributed by atoms with E-state index < -0.39 is 0 Å². The van der Waals surface area contributed by atoms with E-state index in [9.17, 15) is 9.59 Å². The Kier molecular flexibility index (Phi) is 4.12. The summed E-state index contributed by atoms with van der Waals surface area (Å²) in [5.74, 6) is 1.91. The Bertz CT molecular complexity index is 991. The van der Waals surface area contributed by atoms with Gasteiger partial charge < -0.3 is 4.74 Å². The van der Waals surface area contributed by atoms with Crippen LogP contribution in [0.2, 0.25) is 0 Å². The number of rotatable bonds is 4. The van der Waals surface area contributed by atoms with E-state index in [0.29, 0.717) is 17.4 Å². The molecule has 2 amide bonds. The van der Waals surface area contributed by atoms with Gasteiger partial charge in [-0.15, -0.1) is 0 Å². The number of carbonyl (C=O) groups is 2. The van der Waals surface area contributed by atoms with Crippen molar-refractivity contribution >= 4 is 17.5 Å². The Labute approximate surface area is 171 Å². The molecule has 2 aromatic carbocycles. The van der Waals surface area contributed by atoms with E-state index in [1.807, 2.05) is 37.3 Å². The first-order valence-electron chi connectivity index (χ1n) is 10.4. The fourth-order valence-corrected chi connectivity index (χ4v) is 5.15. The third-order valence-corrected chi connectivity index (χ3v) is 6.58. The van der Waals surface area contributed by atoms with Crippen LogP contribution in [0.5, 0.6) is 11.5 Å². The smallest absolute Gasteiger partial charge is 0.238 e. The minimum Gasteiger partial charge on any atom is -0.457 e. The minimum absolute atomic E-state index is 0.0497. The Morgan fingerprint density at radius 1 is 0.931 bits per heavy atom. The predicted octanol–water partition coefficient (Wildman–Crippen LogP) is 5.22. The summed E-state index contributed by atoms with van der Waals surface area (Å²) < 4.78 is 6.14. The summed E-state index contributed by atoms with van der Waals surface area (Å²) in [5.41, 5.74) is 2.93. The van der Waals surface area contributed by atoms with Crippen LogP contribution in [0.25, 0.3) is 0 Å². The molecule has 4 atom stereocenters. The summed E-state index contributed by atoms with van der Waals surface area (Å²) in [6.07, 6.45) is 5.18. The normalized spacial score (nSPS) is 27.2. The lowest BCUT2D eigenvalue weighted by molar-refractivity contribution is -0.123. The minimum atomic E-state index is -0.172. The Balaban J connectivity index is 1.39. The molecule has 4 nitrogen and oxygen atoms in total. The summed E-state index contributed by atoms with van der Waals surface area (Å²) in [6.45, 7) is 6.33. The van der Waals surface area contributed by atoms with Crippen LogP contribution in [-0.2, 0) is 9.59 Å². The molecule has 0 unspecified atom stereocenters. The van der Waals surface area contributed by atoms with Crippen LogP contribution < -0.4 is 9.64 Å². The third kappa shape index (κ3) is 2.81. The SMILES string of the molecule is Cc1ccc(C(C)C)c(Oc2ccc(N3C(=O)[C@@H]4[C@@H](C3=O)[C@H]3C=C[C@@H]4C3)cc2)c1. The fraction of sp³-hybridized carbons (Fsp3) is 0.360. The van der Waals surface area contributed by atoms with Gasteiger partial charge in [0.25, 0.3) is 0 Å². The molecule has 0 aromatic heterocycles. The van der Waals surface area contributed by atoms with Crippen LogP contribution in [0.4, 0.5) is 5.69 Å². The van der Waals surface area contributed by atoms with Crippen molar-refractivity contribution in [2.45, 2.75) is 33.1 Å². The number of allylic oxidation sites excluding steroid dienone is 2. The molecule has 29 heavy (non-hydrogen) atoms. The topological polar surface area (TPSA) is 46.6 Å². The average molecular weight is 387 g/mol. The zero-order valence-electron chi connectivity index (χ0n) is 17.0. The highest BCUT2D eigenvalue weighted by molar-refractivity contribution is 6.22. The van der Waals surface area contributed by atoms with Crippen LogP contribution >= 0.6 is 0 Å². The summed E-state index contributed by atoms with van der Waals surface area (Å²) in [6, 6.07) is 13.5. The molecule has 0 spiro atoms. The van der Waals surface area contributed by atoms with E-state index in [1.165, 1.54) is 4.90 Å². The van der Waals surface area contributed by atoms with E-state index in [2.05, 4.69) is 38.1 Å². The lowest BCUT2D eigenvalue weighted by Gasteiger charge is -2.18. The van der Waals surface area contributed by atoms with E-state index in [0.717, 1.165) is 23.3 Å². The number of carbonyl (C=O) groups excluding carboxylic acids is 2. The Hall–Kier alpha value is -2.88. The molecule has 3 aliphatic rings. The van der Waals surface area contributed by atoms with Crippen molar-refractivity contribution in [2.24, 2.45) is 23.7 Å². The molecule has 1 saturated heterocycles. The van der Waals surface area contributed by atoms with E-state index in [1.54, 1.807) is 0 Å². The highest BCUT2D eigenvalue weighted by atomic mass is 16.5. The van der Waals surface area contributed by atoms with Gasteiger partial charge in [-0.1, -0.05) is 38.1 Å². The number of nitrogens with zero attached hydrogens (tertiary/aromatic N) is 1. The standard InChI is InChI=1S/C25H25NO3/c1-14(2)20-11-4-15(3)12-21(20)29-19-9-7-18(8-10-19)26-24(27)22-16-5-6-17(13-16)23(22)25(26)28/h4-12,14,16-17,22-23H,13H2,1-3H3/t16-,17+,22-,23-/m0/s1. The van der Waals surface area contributed by atoms with Crippen LogP contribution in [0.3, 0.4) is 0 Å². The van der Waals surface area contributed by atoms with Gasteiger partial charge in [-0.2, -0.15) is 0 Å². The molecule has 0 radical (unpaired) electrons. The van der Waals surface area contributed by atoms with Crippen molar-refractivity contribution in [3.63, 3.8) is 0 Å². The van der Waals surface area contributed by atoms with Gasteiger partial charge in [-0.3, -0.25) is 14.5 Å². The summed E-state index contributed by atoms with van der Waals surface area (Å²) >= 11 is 0. The first-order chi connectivity index (χ1) is 13.9. The molecule has 1 saturated carbocycles. The number of hydrogen-bond donors (Lipinski definition) is 0. The lowest BCUT2D eigenvalue weighted by atomic mass is 9.85. The molecule has 0 N–H and O–H groups in total. The van der Waals surface area contributed by atoms with Crippen molar-refractivity contribution < 1.29 is 14.3 Å². The van der Waals surface area contributed by atoms with Crippen molar-refractivity contribution in [1.29, 1.82) is 0 Å². The fourth-order valence-electron chi connectivity index (χ4n) is 5.15. The van der Waals surface area contributed by atoms with Gasteiger partial charge in [0.2, 0.25) is 11.8 Å². The van der Waals surface area contributed by atoms with Crippen molar-refractivity contribution in [2.75, 3.05) is 4.90 Å². The molecule has 4 heteroatoms. The third-order valence-electron chi connectivity index (χ3n) is 6.58. The molecule has 1 heterocycles. The summed E-state index contributed by atoms with van der Waals surface area (Å²) in [5, 5.41) is 0. The van der Waals surface area contributed by atoms with Crippen LogP contribution in [0.1, 0.15) is 37.3 Å². The maximum absolute atomic E-state index is 13.0. The molecular weight excluding hydrogens is 362 g/mol. The second-order valence-electron chi connectivity index (χ2n) is 8.80. The molecule has 148 valence electrons. The number of fused-ring (bicyclic) bond motifs is 5. The van der Waals surface area contributed by atoms with Crippen molar-refractivity contribution in [3.05, 3.63) is 65.7 Å². The van der Waals surface area contributed by atoms with Crippen LogP contribution in [0, 0.1) is 30.6 Å². The van der Waals surface area contributed by atoms with Gasteiger partial charge in [0.05, 0.1) is 17.5 Å². The molecule has 2 fully saturated rings. The first kappa shape index (κ1) is 18.2. The Morgan fingerprint density at radius 3 is 2.14 bits per heavy atom. The van der Waals surface area contributed by atoms with Gasteiger partial charge >= 0.3 is 0 Å². The van der Waals surface area contributed by atoms with Crippen molar-refractivity contribution in [1.82, 2.24) is 0 Å². The number of anilines is 1. The molecule has 2 aliphatic carbocycles. The number of benzene rings is 2. The first-order valence-corrected chi connectivity index (χ1v) is 10.4. The number of ether oxygens (including phenoxy) is 1.